The van der Waals surface area contributed by atoms with Crippen LogP contribution in [-0.4, -0.2) is 72.6 Å². The zero-order valence-electron chi connectivity index (χ0n) is 18.8. The van der Waals surface area contributed by atoms with Crippen LogP contribution >= 0.6 is 11.3 Å². The molecule has 0 radical (unpaired) electrons. The molecule has 3 aliphatic heterocycles. The highest BCUT2D eigenvalue weighted by atomic mass is 32.1. The van der Waals surface area contributed by atoms with Crippen LogP contribution in [0.25, 0.3) is 0 Å². The number of amides is 2. The second-order valence-corrected chi connectivity index (χ2v) is 9.85. The molecule has 2 amide bonds. The van der Waals surface area contributed by atoms with Crippen LogP contribution in [0.2, 0.25) is 0 Å². The lowest BCUT2D eigenvalue weighted by Gasteiger charge is -2.41. The van der Waals surface area contributed by atoms with Crippen LogP contribution in [-0.2, 0) is 16.1 Å². The van der Waals surface area contributed by atoms with Crippen molar-refractivity contribution in [2.45, 2.75) is 50.5 Å². The Morgan fingerprint density at radius 3 is 2.82 bits per heavy atom. The normalized spacial score (nSPS) is 27.0. The second kappa shape index (κ2) is 10.2. The molecule has 5 rings (SSSR count). The minimum absolute atomic E-state index is 0.0116. The topological polar surface area (TPSA) is 71.1 Å². The van der Waals surface area contributed by atoms with E-state index in [4.69, 9.17) is 9.47 Å². The van der Waals surface area contributed by atoms with Crippen molar-refractivity contribution in [1.82, 2.24) is 15.1 Å². The number of carbonyl (C=O) groups is 2. The maximum atomic E-state index is 13.6. The zero-order valence-corrected chi connectivity index (χ0v) is 19.6. The van der Waals surface area contributed by atoms with Crippen LogP contribution in [0.5, 0.6) is 5.75 Å². The second-order valence-electron chi connectivity index (χ2n) is 9.07. The third-order valence-electron chi connectivity index (χ3n) is 6.77. The number of nitrogens with one attached hydrogen (secondary N) is 1. The number of ether oxygens (including phenoxy) is 2. The van der Waals surface area contributed by atoms with E-state index in [-0.39, 0.29) is 24.0 Å². The molecule has 4 heterocycles. The van der Waals surface area contributed by atoms with Crippen LogP contribution < -0.4 is 10.1 Å². The van der Waals surface area contributed by atoms with Gasteiger partial charge in [0.05, 0.1) is 24.4 Å². The fourth-order valence-electron chi connectivity index (χ4n) is 4.99. The Labute approximate surface area is 198 Å². The molecule has 2 fully saturated rings. The number of thiophene rings is 1. The van der Waals surface area contributed by atoms with Gasteiger partial charge in [0.2, 0.25) is 5.91 Å². The number of piperazine rings is 1. The van der Waals surface area contributed by atoms with Crippen LogP contribution in [0.4, 0.5) is 0 Å². The van der Waals surface area contributed by atoms with E-state index in [0.29, 0.717) is 37.6 Å². The smallest absolute Gasteiger partial charge is 0.258 e. The van der Waals surface area contributed by atoms with Crippen LogP contribution in [0.1, 0.15) is 41.6 Å². The molecule has 1 aromatic heterocycles. The molecule has 2 bridgehead atoms. The molecule has 33 heavy (non-hydrogen) atoms. The Balaban J connectivity index is 1.41. The maximum Gasteiger partial charge on any atom is 0.258 e. The van der Waals surface area contributed by atoms with E-state index < -0.39 is 6.04 Å². The quantitative estimate of drug-likeness (QED) is 0.732. The van der Waals surface area contributed by atoms with Crippen molar-refractivity contribution in [1.29, 1.82) is 0 Å². The average molecular weight is 470 g/mol. The van der Waals surface area contributed by atoms with Gasteiger partial charge in [0.1, 0.15) is 11.8 Å². The zero-order chi connectivity index (χ0) is 22.6. The number of fused-ring (bicyclic) bond motifs is 4. The summed E-state index contributed by atoms with van der Waals surface area (Å²) in [6.07, 6.45) is 3.94. The van der Waals surface area contributed by atoms with Crippen LogP contribution in [0, 0.1) is 0 Å². The number of benzene rings is 1. The van der Waals surface area contributed by atoms with Crippen molar-refractivity contribution in [2.24, 2.45) is 0 Å². The van der Waals surface area contributed by atoms with Gasteiger partial charge in [-0.3, -0.25) is 14.5 Å². The maximum absolute atomic E-state index is 13.6. The Hall–Kier alpha value is -2.42. The highest BCUT2D eigenvalue weighted by molar-refractivity contribution is 7.07. The van der Waals surface area contributed by atoms with Crippen LogP contribution in [0.15, 0.2) is 41.1 Å². The van der Waals surface area contributed by atoms with E-state index in [1.54, 1.807) is 22.3 Å². The number of hydrogen-bond acceptors (Lipinski definition) is 6. The highest BCUT2D eigenvalue weighted by Crippen LogP contribution is 2.26. The van der Waals surface area contributed by atoms with Crippen molar-refractivity contribution >= 4 is 23.2 Å². The number of nitrogens with zero attached hydrogens (tertiary/aromatic N) is 2. The van der Waals surface area contributed by atoms with Crippen LogP contribution in [0.3, 0.4) is 0 Å². The Morgan fingerprint density at radius 1 is 1.06 bits per heavy atom. The van der Waals surface area contributed by atoms with Crippen molar-refractivity contribution in [3.05, 3.63) is 52.2 Å². The SMILES string of the molecule is O=C1NC[C@@H]2CCC[C@@H](CCOc3ccccc3C(=O)N3CCN(Cc4ccsc4)C[C@@H]13)O2. The summed E-state index contributed by atoms with van der Waals surface area (Å²) in [6.45, 7) is 3.49. The monoisotopic (exact) mass is 469 g/mol. The van der Waals surface area contributed by atoms with Crippen molar-refractivity contribution in [2.75, 3.05) is 32.8 Å². The number of para-hydroxylation sites is 1. The summed E-state index contributed by atoms with van der Waals surface area (Å²) in [4.78, 5) is 31.0. The summed E-state index contributed by atoms with van der Waals surface area (Å²) in [5.41, 5.74) is 1.75. The predicted molar refractivity (Wildman–Crippen MR) is 126 cm³/mol. The number of carbonyl (C=O) groups excluding carboxylic acids is 2. The summed E-state index contributed by atoms with van der Waals surface area (Å²) >= 11 is 1.67. The minimum atomic E-state index is -0.555. The highest BCUT2D eigenvalue weighted by Gasteiger charge is 2.37. The summed E-state index contributed by atoms with van der Waals surface area (Å²) < 4.78 is 12.3. The number of rotatable bonds is 2. The van der Waals surface area contributed by atoms with Gasteiger partial charge in [0.15, 0.2) is 0 Å². The minimum Gasteiger partial charge on any atom is -0.493 e. The van der Waals surface area contributed by atoms with Gasteiger partial charge >= 0.3 is 0 Å². The molecule has 3 atom stereocenters. The summed E-state index contributed by atoms with van der Waals surface area (Å²) in [6, 6.07) is 8.92. The van der Waals surface area contributed by atoms with Gasteiger partial charge in [-0.15, -0.1) is 0 Å². The summed E-state index contributed by atoms with van der Waals surface area (Å²) in [5.74, 6) is 0.320. The van der Waals surface area contributed by atoms with Gasteiger partial charge < -0.3 is 19.7 Å². The molecule has 3 aliphatic rings. The molecule has 2 aromatic rings. The van der Waals surface area contributed by atoms with Crippen molar-refractivity contribution in [3.8, 4) is 5.75 Å². The molecule has 7 nitrogen and oxygen atoms in total. The first-order valence-electron chi connectivity index (χ1n) is 11.9. The first-order chi connectivity index (χ1) is 16.2. The Bertz CT molecular complexity index is 966. The standard InChI is InChI=1S/C25H31N3O4S/c29-24-22-16-27(15-18-9-13-33-17-18)10-11-28(22)25(30)21-6-1-2-7-23(21)31-12-8-19-4-3-5-20(32-19)14-26-24/h1-2,6-7,9,13,17,19-20,22H,3-5,8,10-12,14-16H2,(H,26,29)/t19-,20-,22-/m0/s1. The lowest BCUT2D eigenvalue weighted by molar-refractivity contribution is -0.129. The van der Waals surface area contributed by atoms with Gasteiger partial charge in [-0.25, -0.2) is 0 Å². The largest absolute Gasteiger partial charge is 0.493 e. The van der Waals surface area contributed by atoms with E-state index in [1.165, 1.54) is 5.56 Å². The fraction of sp³-hybridized carbons (Fsp3) is 0.520. The predicted octanol–water partition coefficient (Wildman–Crippen LogP) is 2.91. The molecule has 1 N–H and O–H groups in total. The molecule has 0 aliphatic carbocycles. The van der Waals surface area contributed by atoms with Crippen molar-refractivity contribution < 1.29 is 19.1 Å². The lowest BCUT2D eigenvalue weighted by Crippen LogP contribution is -2.61. The summed E-state index contributed by atoms with van der Waals surface area (Å²) in [5, 5.41) is 7.30. The fourth-order valence-corrected chi connectivity index (χ4v) is 5.65. The van der Waals surface area contributed by atoms with E-state index in [0.717, 1.165) is 38.8 Å². The molecule has 2 saturated heterocycles. The first kappa shape index (κ1) is 22.4. The van der Waals surface area contributed by atoms with Gasteiger partial charge in [-0.2, -0.15) is 11.3 Å². The molecular weight excluding hydrogens is 438 g/mol. The van der Waals surface area contributed by atoms with Gasteiger partial charge in [-0.05, 0) is 53.8 Å². The third kappa shape index (κ3) is 5.23. The molecule has 176 valence electrons. The number of hydrogen-bond donors (Lipinski definition) is 1. The van der Waals surface area contributed by atoms with E-state index >= 15 is 0 Å². The van der Waals surface area contributed by atoms with Gasteiger partial charge in [0.25, 0.3) is 5.91 Å². The van der Waals surface area contributed by atoms with Gasteiger partial charge in [0, 0.05) is 39.1 Å². The Kier molecular flexibility index (Phi) is 6.94. The average Bonchev–Trinajstić information content (AvgIpc) is 3.35. The Morgan fingerprint density at radius 2 is 1.94 bits per heavy atom. The lowest BCUT2D eigenvalue weighted by atomic mass is 10.0. The first-order valence-corrected chi connectivity index (χ1v) is 12.8. The van der Waals surface area contributed by atoms with Crippen molar-refractivity contribution in [3.63, 3.8) is 0 Å². The summed E-state index contributed by atoms with van der Waals surface area (Å²) in [7, 11) is 0. The van der Waals surface area contributed by atoms with Gasteiger partial charge in [-0.1, -0.05) is 12.1 Å². The third-order valence-corrected chi connectivity index (χ3v) is 7.50. The molecule has 0 unspecified atom stereocenters. The van der Waals surface area contributed by atoms with E-state index in [9.17, 15) is 9.59 Å². The van der Waals surface area contributed by atoms with E-state index in [2.05, 4.69) is 27.0 Å². The molecular formula is C25H31N3O4S. The van der Waals surface area contributed by atoms with E-state index in [1.807, 2.05) is 18.2 Å². The molecule has 0 spiro atoms. The molecule has 1 aromatic carbocycles. The molecule has 8 heteroatoms. The molecule has 0 saturated carbocycles.